The number of ether oxygens (including phenoxy) is 1. The van der Waals surface area contributed by atoms with Crippen molar-refractivity contribution >= 4 is 37.6 Å². The average Bonchev–Trinajstić information content (AvgIpc) is 3.07. The molecule has 0 spiro atoms. The molecule has 7 heteroatoms. The Hall–Kier alpha value is -1.27. The van der Waals surface area contributed by atoms with Gasteiger partial charge in [-0.3, -0.25) is 0 Å². The molecule has 0 saturated carbocycles. The number of aromatic nitrogens is 2. The monoisotopic (exact) mass is 340 g/mol. The van der Waals surface area contributed by atoms with Crippen LogP contribution in [0.5, 0.6) is 0 Å². The van der Waals surface area contributed by atoms with Crippen molar-refractivity contribution in [3.05, 3.63) is 18.2 Å². The first kappa shape index (κ1) is 13.7. The predicted octanol–water partition coefficient (Wildman–Crippen LogP) is 0.250. The first-order valence-electron chi connectivity index (χ1n) is 6.63. The summed E-state index contributed by atoms with van der Waals surface area (Å²) in [5.41, 5.74) is 2.42. The van der Waals surface area contributed by atoms with Crippen LogP contribution in [0.1, 0.15) is 6.92 Å². The van der Waals surface area contributed by atoms with E-state index in [1.807, 2.05) is 25.1 Å². The molecule has 0 radical (unpaired) electrons. The van der Waals surface area contributed by atoms with Gasteiger partial charge < -0.3 is 0 Å². The Morgan fingerprint density at radius 2 is 2.35 bits per heavy atom. The number of hydrogen-bond donors (Lipinski definition) is 2. The molecular formula is C13H16N4O2Se. The van der Waals surface area contributed by atoms with Crippen LogP contribution in [-0.4, -0.2) is 54.6 Å². The summed E-state index contributed by atoms with van der Waals surface area (Å²) in [6.45, 7) is 3.90. The zero-order valence-corrected chi connectivity index (χ0v) is 12.8. The van der Waals surface area contributed by atoms with Crippen LogP contribution >= 0.6 is 0 Å². The van der Waals surface area contributed by atoms with Gasteiger partial charge in [-0.1, -0.05) is 0 Å². The zero-order valence-electron chi connectivity index (χ0n) is 11.1. The van der Waals surface area contributed by atoms with Crippen molar-refractivity contribution in [3.63, 3.8) is 0 Å². The van der Waals surface area contributed by atoms with Crippen LogP contribution in [0.15, 0.2) is 18.2 Å². The zero-order chi connectivity index (χ0) is 13.9. The summed E-state index contributed by atoms with van der Waals surface area (Å²) in [5.74, 6) is -0.175. The van der Waals surface area contributed by atoms with Gasteiger partial charge in [0.15, 0.2) is 0 Å². The number of benzene rings is 1. The number of likely N-dealkylation sites (N-methyl/N-ethyl adjacent to an activating group) is 1. The first-order chi connectivity index (χ1) is 9.79. The number of nitrogens with zero attached hydrogens (tertiary/aromatic N) is 2. The Labute approximate surface area is 123 Å². The van der Waals surface area contributed by atoms with Gasteiger partial charge in [-0.2, -0.15) is 0 Å². The number of anilines is 1. The number of fused-ring (bicyclic) bond motifs is 1. The van der Waals surface area contributed by atoms with Crippen molar-refractivity contribution in [2.45, 2.75) is 13.0 Å². The summed E-state index contributed by atoms with van der Waals surface area (Å²) < 4.78 is 14.1. The Morgan fingerprint density at radius 3 is 3.20 bits per heavy atom. The SMILES string of the molecule is CCNC1COCC1C(=O)Nc1cccc2n[se]nc12. The third kappa shape index (κ3) is 2.62. The van der Waals surface area contributed by atoms with E-state index in [0.29, 0.717) is 13.2 Å². The van der Waals surface area contributed by atoms with Gasteiger partial charge in [-0.05, 0) is 0 Å². The molecule has 1 aliphatic rings. The number of nitrogens with one attached hydrogen (secondary N) is 2. The van der Waals surface area contributed by atoms with Gasteiger partial charge in [-0.25, -0.2) is 0 Å². The van der Waals surface area contributed by atoms with E-state index in [2.05, 4.69) is 18.6 Å². The van der Waals surface area contributed by atoms with E-state index in [0.717, 1.165) is 23.3 Å². The summed E-state index contributed by atoms with van der Waals surface area (Å²) in [6, 6.07) is 5.77. The number of rotatable bonds is 4. The van der Waals surface area contributed by atoms with Crippen LogP contribution in [0, 0.1) is 5.92 Å². The second-order valence-corrected chi connectivity index (χ2v) is 5.84. The Morgan fingerprint density at radius 1 is 1.45 bits per heavy atom. The van der Waals surface area contributed by atoms with Crippen molar-refractivity contribution in [1.82, 2.24) is 13.3 Å². The number of amides is 1. The molecule has 2 heterocycles. The molecule has 2 atom stereocenters. The molecule has 20 heavy (non-hydrogen) atoms. The topological polar surface area (TPSA) is 76.1 Å². The van der Waals surface area contributed by atoms with Crippen LogP contribution in [0.2, 0.25) is 0 Å². The van der Waals surface area contributed by atoms with Gasteiger partial charge in [-0.15, -0.1) is 0 Å². The van der Waals surface area contributed by atoms with Crippen LogP contribution < -0.4 is 10.6 Å². The Kier molecular flexibility index (Phi) is 4.12. The maximum atomic E-state index is 12.4. The number of carbonyl (C=O) groups excluding carboxylic acids is 1. The third-order valence-corrected chi connectivity index (χ3v) is 4.57. The van der Waals surface area contributed by atoms with E-state index in [4.69, 9.17) is 4.74 Å². The van der Waals surface area contributed by atoms with E-state index in [1.165, 1.54) is 0 Å². The third-order valence-electron chi connectivity index (χ3n) is 3.43. The fourth-order valence-electron chi connectivity index (χ4n) is 2.41. The van der Waals surface area contributed by atoms with E-state index in [-0.39, 0.29) is 32.8 Å². The molecule has 1 amide bonds. The van der Waals surface area contributed by atoms with E-state index < -0.39 is 0 Å². The Bertz CT molecular complexity index is 615. The molecule has 0 aliphatic carbocycles. The summed E-state index contributed by atoms with van der Waals surface area (Å²) in [5, 5.41) is 6.26. The fourth-order valence-corrected chi connectivity index (χ4v) is 3.56. The molecule has 2 N–H and O–H groups in total. The molecule has 1 aromatic carbocycles. The van der Waals surface area contributed by atoms with E-state index in [1.54, 1.807) is 0 Å². The van der Waals surface area contributed by atoms with Crippen molar-refractivity contribution in [3.8, 4) is 0 Å². The standard InChI is InChI=1S/C13H16N4O2Se/c1-2-14-11-7-19-6-8(11)13(18)15-9-4-3-5-10-12(9)17-20-16-10/h3-5,8,11,14H,2,6-7H2,1H3,(H,15,18). The normalized spacial score (nSPS) is 22.2. The summed E-state index contributed by atoms with van der Waals surface area (Å²) in [7, 11) is 0. The fraction of sp³-hybridized carbons (Fsp3) is 0.462. The first-order valence-corrected chi connectivity index (χ1v) is 8.16. The molecule has 3 rings (SSSR count). The van der Waals surface area contributed by atoms with E-state index >= 15 is 0 Å². The molecular weight excluding hydrogens is 323 g/mol. The number of hydrogen-bond acceptors (Lipinski definition) is 5. The van der Waals surface area contributed by atoms with Gasteiger partial charge in [0.2, 0.25) is 0 Å². The van der Waals surface area contributed by atoms with Gasteiger partial charge in [0, 0.05) is 0 Å². The molecule has 2 aromatic rings. The minimum absolute atomic E-state index is 0.0172. The second kappa shape index (κ2) is 6.01. The molecule has 2 unspecified atom stereocenters. The van der Waals surface area contributed by atoms with Gasteiger partial charge in [0.25, 0.3) is 0 Å². The van der Waals surface area contributed by atoms with Crippen molar-refractivity contribution in [1.29, 1.82) is 0 Å². The predicted molar refractivity (Wildman–Crippen MR) is 76.9 cm³/mol. The number of carbonyl (C=O) groups is 1. The van der Waals surface area contributed by atoms with Crippen LogP contribution in [0.4, 0.5) is 5.69 Å². The summed E-state index contributed by atoms with van der Waals surface area (Å²) >= 11 is -0.0913. The molecule has 0 bridgehead atoms. The summed E-state index contributed by atoms with van der Waals surface area (Å²) in [6.07, 6.45) is 0. The van der Waals surface area contributed by atoms with Gasteiger partial charge in [0.05, 0.1) is 0 Å². The summed E-state index contributed by atoms with van der Waals surface area (Å²) in [4.78, 5) is 12.4. The quantitative estimate of drug-likeness (QED) is 0.781. The maximum absolute atomic E-state index is 12.4. The molecule has 106 valence electrons. The molecule has 1 aliphatic heterocycles. The van der Waals surface area contributed by atoms with E-state index in [9.17, 15) is 4.79 Å². The second-order valence-electron chi connectivity index (χ2n) is 4.73. The van der Waals surface area contributed by atoms with Crippen LogP contribution in [-0.2, 0) is 9.53 Å². The molecule has 6 nitrogen and oxygen atoms in total. The van der Waals surface area contributed by atoms with Crippen molar-refractivity contribution in [2.24, 2.45) is 5.92 Å². The average molecular weight is 339 g/mol. The van der Waals surface area contributed by atoms with Crippen LogP contribution in [0.25, 0.3) is 11.0 Å². The van der Waals surface area contributed by atoms with Gasteiger partial charge >= 0.3 is 123 Å². The van der Waals surface area contributed by atoms with Crippen molar-refractivity contribution < 1.29 is 9.53 Å². The van der Waals surface area contributed by atoms with Gasteiger partial charge in [0.1, 0.15) is 0 Å². The van der Waals surface area contributed by atoms with Crippen molar-refractivity contribution in [2.75, 3.05) is 25.1 Å². The Balaban J connectivity index is 1.77. The molecule has 1 fully saturated rings. The molecule has 1 saturated heterocycles. The molecule has 1 aromatic heterocycles. The minimum atomic E-state index is -0.158. The van der Waals surface area contributed by atoms with Crippen LogP contribution in [0.3, 0.4) is 0 Å².